The zero-order chi connectivity index (χ0) is 21.8. The number of rotatable bonds is 7. The average molecular weight is 433 g/mol. The predicted molar refractivity (Wildman–Crippen MR) is 105 cm³/mol. The van der Waals surface area contributed by atoms with Crippen molar-refractivity contribution >= 4 is 34.7 Å². The number of ether oxygens (including phenoxy) is 1. The molecule has 0 saturated carbocycles. The molecule has 0 aliphatic rings. The number of aromatic nitrogens is 3. The topological polar surface area (TPSA) is 155 Å². The summed E-state index contributed by atoms with van der Waals surface area (Å²) in [5.41, 5.74) is 0.0253. The lowest BCUT2D eigenvalue weighted by molar-refractivity contribution is -0.389. The molecule has 3 aromatic rings. The molecule has 12 nitrogen and oxygen atoms in total. The van der Waals surface area contributed by atoms with Gasteiger partial charge in [0.2, 0.25) is 5.91 Å². The number of carbonyl (C=O) groups is 1. The molecule has 13 heteroatoms. The van der Waals surface area contributed by atoms with Crippen LogP contribution in [0.2, 0.25) is 5.02 Å². The summed E-state index contributed by atoms with van der Waals surface area (Å²) in [7, 11) is 0. The fourth-order valence-electron chi connectivity index (χ4n) is 2.48. The lowest BCUT2D eigenvalue weighted by atomic mass is 10.2. The lowest BCUT2D eigenvalue weighted by Crippen LogP contribution is -2.20. The molecule has 0 atom stereocenters. The Kier molecular flexibility index (Phi) is 5.88. The summed E-state index contributed by atoms with van der Waals surface area (Å²) in [6.07, 6.45) is 2.97. The number of non-ortho nitro benzene ring substituents is 1. The first kappa shape index (κ1) is 20.7. The number of nitro benzene ring substituents is 1. The second kappa shape index (κ2) is 8.53. The van der Waals surface area contributed by atoms with E-state index in [-0.39, 0.29) is 34.4 Å². The Morgan fingerprint density at radius 2 is 2.00 bits per heavy atom. The van der Waals surface area contributed by atoms with Crippen molar-refractivity contribution in [3.8, 4) is 11.5 Å². The number of hydrogen-bond donors (Lipinski definition) is 1. The molecule has 1 amide bonds. The third kappa shape index (κ3) is 4.67. The van der Waals surface area contributed by atoms with Gasteiger partial charge in [0, 0.05) is 18.3 Å². The van der Waals surface area contributed by atoms with Gasteiger partial charge in [0.25, 0.3) is 5.69 Å². The van der Waals surface area contributed by atoms with E-state index in [1.54, 1.807) is 18.3 Å². The van der Waals surface area contributed by atoms with Crippen molar-refractivity contribution in [2.24, 2.45) is 0 Å². The maximum atomic E-state index is 12.4. The van der Waals surface area contributed by atoms with Crippen LogP contribution in [0.25, 0.3) is 0 Å². The first-order chi connectivity index (χ1) is 14.2. The van der Waals surface area contributed by atoms with Gasteiger partial charge >= 0.3 is 5.82 Å². The fraction of sp³-hybridized carbons (Fsp3) is 0.118. The molecule has 3 rings (SSSR count). The highest BCUT2D eigenvalue weighted by molar-refractivity contribution is 6.33. The minimum atomic E-state index is -0.758. The molecule has 0 saturated heterocycles. The summed E-state index contributed by atoms with van der Waals surface area (Å²) in [5.74, 6) is -0.727. The fourth-order valence-corrected chi connectivity index (χ4v) is 2.68. The van der Waals surface area contributed by atoms with E-state index in [4.69, 9.17) is 16.3 Å². The third-order valence-electron chi connectivity index (χ3n) is 3.84. The Labute approximate surface area is 173 Å². The highest BCUT2D eigenvalue weighted by Gasteiger charge is 2.25. The summed E-state index contributed by atoms with van der Waals surface area (Å²) in [5, 5.41) is 28.1. The van der Waals surface area contributed by atoms with Crippen LogP contribution in [-0.4, -0.2) is 30.5 Å². The van der Waals surface area contributed by atoms with Gasteiger partial charge in [-0.25, -0.2) is 0 Å². The van der Waals surface area contributed by atoms with Crippen LogP contribution in [0.5, 0.6) is 11.5 Å². The van der Waals surface area contributed by atoms with E-state index < -0.39 is 21.6 Å². The molecule has 0 aliphatic carbocycles. The minimum absolute atomic E-state index is 0.0958. The number of nitrogens with zero attached hydrogens (tertiary/aromatic N) is 5. The van der Waals surface area contributed by atoms with Crippen molar-refractivity contribution in [2.75, 3.05) is 5.32 Å². The number of halogens is 1. The normalized spacial score (nSPS) is 10.5. The van der Waals surface area contributed by atoms with Crippen LogP contribution in [0, 0.1) is 27.2 Å². The van der Waals surface area contributed by atoms with E-state index in [0.29, 0.717) is 5.75 Å². The number of nitrogens with one attached hydrogen (secondary N) is 1. The highest BCUT2D eigenvalue weighted by Crippen LogP contribution is 2.30. The number of amides is 1. The predicted octanol–water partition coefficient (Wildman–Crippen LogP) is 3.49. The van der Waals surface area contributed by atoms with Gasteiger partial charge in [-0.1, -0.05) is 11.6 Å². The quantitative estimate of drug-likeness (QED) is 0.439. The highest BCUT2D eigenvalue weighted by atomic mass is 35.5. The third-order valence-corrected chi connectivity index (χ3v) is 4.28. The molecule has 0 fully saturated rings. The Bertz CT molecular complexity index is 1130. The zero-order valence-electron chi connectivity index (χ0n) is 15.3. The molecule has 0 unspecified atom stereocenters. The molecule has 0 radical (unpaired) electrons. The van der Waals surface area contributed by atoms with E-state index in [9.17, 15) is 25.0 Å². The monoisotopic (exact) mass is 432 g/mol. The van der Waals surface area contributed by atoms with Crippen LogP contribution in [0.1, 0.15) is 5.69 Å². The summed E-state index contributed by atoms with van der Waals surface area (Å²) in [4.78, 5) is 37.0. The lowest BCUT2D eigenvalue weighted by Gasteiger charge is -2.09. The molecule has 2 heterocycles. The van der Waals surface area contributed by atoms with Crippen molar-refractivity contribution in [2.45, 2.75) is 13.5 Å². The molecule has 0 bridgehead atoms. The van der Waals surface area contributed by atoms with Crippen molar-refractivity contribution in [3.63, 3.8) is 0 Å². The molecule has 2 aromatic heterocycles. The molecule has 1 aromatic carbocycles. The number of carbonyl (C=O) groups excluding carboxylic acids is 1. The van der Waals surface area contributed by atoms with Gasteiger partial charge < -0.3 is 20.2 Å². The SMILES string of the molecule is Cc1c(Cl)c([N+](=O)[O-])nn1CC(=O)Nc1cc(Oc2cccnc2)cc([N+](=O)[O-])c1. The number of anilines is 1. The van der Waals surface area contributed by atoms with Gasteiger partial charge in [0.1, 0.15) is 18.0 Å². The van der Waals surface area contributed by atoms with Gasteiger partial charge in [-0.3, -0.25) is 19.9 Å². The van der Waals surface area contributed by atoms with E-state index in [2.05, 4.69) is 15.4 Å². The standard InChI is InChI=1S/C17H13ClN6O6/c1-10-16(18)17(24(28)29)21-22(10)9-15(25)20-11-5-12(23(26)27)7-14(6-11)30-13-3-2-4-19-8-13/h2-8H,9H2,1H3,(H,20,25). The van der Waals surface area contributed by atoms with Gasteiger partial charge in [0.05, 0.1) is 33.7 Å². The van der Waals surface area contributed by atoms with Crippen LogP contribution >= 0.6 is 11.6 Å². The van der Waals surface area contributed by atoms with E-state index in [1.165, 1.54) is 25.3 Å². The molecule has 30 heavy (non-hydrogen) atoms. The van der Waals surface area contributed by atoms with Crippen LogP contribution in [0.15, 0.2) is 42.7 Å². The van der Waals surface area contributed by atoms with Gasteiger partial charge in [0.15, 0.2) is 5.02 Å². The van der Waals surface area contributed by atoms with E-state index in [1.807, 2.05) is 0 Å². The van der Waals surface area contributed by atoms with Crippen LogP contribution in [-0.2, 0) is 11.3 Å². The summed E-state index contributed by atoms with van der Waals surface area (Å²) in [6, 6.07) is 6.99. The Balaban J connectivity index is 1.81. The summed E-state index contributed by atoms with van der Waals surface area (Å²) >= 11 is 5.85. The largest absolute Gasteiger partial charge is 0.455 e. The van der Waals surface area contributed by atoms with Crippen molar-refractivity contribution in [1.29, 1.82) is 0 Å². The van der Waals surface area contributed by atoms with Gasteiger partial charge in [-0.05, 0) is 24.0 Å². The second-order valence-electron chi connectivity index (χ2n) is 5.95. The summed E-state index contributed by atoms with van der Waals surface area (Å²) < 4.78 is 6.62. The van der Waals surface area contributed by atoms with Crippen molar-refractivity contribution in [1.82, 2.24) is 14.8 Å². The Morgan fingerprint density at radius 3 is 2.60 bits per heavy atom. The Morgan fingerprint density at radius 1 is 1.23 bits per heavy atom. The first-order valence-electron chi connectivity index (χ1n) is 8.29. The summed E-state index contributed by atoms with van der Waals surface area (Å²) in [6.45, 7) is 1.09. The molecule has 154 valence electrons. The maximum absolute atomic E-state index is 12.4. The first-order valence-corrected chi connectivity index (χ1v) is 8.67. The van der Waals surface area contributed by atoms with Gasteiger partial charge in [-0.15, -0.1) is 0 Å². The number of nitro groups is 2. The van der Waals surface area contributed by atoms with Crippen LogP contribution in [0.4, 0.5) is 17.2 Å². The smallest absolute Gasteiger partial charge is 0.408 e. The molecule has 0 spiro atoms. The molecule has 1 N–H and O–H groups in total. The zero-order valence-corrected chi connectivity index (χ0v) is 16.1. The minimum Gasteiger partial charge on any atom is -0.455 e. The van der Waals surface area contributed by atoms with E-state index >= 15 is 0 Å². The molecule has 0 aliphatic heterocycles. The Hall–Kier alpha value is -4.06. The van der Waals surface area contributed by atoms with E-state index in [0.717, 1.165) is 10.7 Å². The molecular weight excluding hydrogens is 420 g/mol. The second-order valence-corrected chi connectivity index (χ2v) is 6.33. The van der Waals surface area contributed by atoms with Gasteiger partial charge in [-0.2, -0.15) is 4.68 Å². The number of benzene rings is 1. The molecular formula is C17H13ClN6O6. The van der Waals surface area contributed by atoms with Crippen LogP contribution in [0.3, 0.4) is 0 Å². The van der Waals surface area contributed by atoms with Crippen LogP contribution < -0.4 is 10.1 Å². The number of hydrogen-bond acceptors (Lipinski definition) is 8. The van der Waals surface area contributed by atoms with Crippen molar-refractivity contribution < 1.29 is 19.4 Å². The maximum Gasteiger partial charge on any atom is 0.408 e. The average Bonchev–Trinajstić information content (AvgIpc) is 2.97. The van der Waals surface area contributed by atoms with Crippen molar-refractivity contribution in [3.05, 3.63) is 73.7 Å². The number of pyridine rings is 1.